The second kappa shape index (κ2) is 10.3. The maximum Gasteiger partial charge on any atom is 0.306 e. The van der Waals surface area contributed by atoms with Gasteiger partial charge >= 0.3 is 5.97 Å². The highest BCUT2D eigenvalue weighted by atomic mass is 16.5. The number of carbonyl (C=O) groups is 1. The lowest BCUT2D eigenvalue weighted by molar-refractivity contribution is -0.142. The zero-order chi connectivity index (χ0) is 25.5. The van der Waals surface area contributed by atoms with E-state index in [9.17, 15) is 9.59 Å². The maximum atomic E-state index is 13.9. The molecule has 0 amide bonds. The minimum Gasteiger partial charge on any atom is -0.466 e. The van der Waals surface area contributed by atoms with Crippen molar-refractivity contribution in [1.82, 2.24) is 14.5 Å². The highest BCUT2D eigenvalue weighted by molar-refractivity contribution is 5.98. The zero-order valence-electron chi connectivity index (χ0n) is 22.0. The standard InChI is InChI=1S/C30H40N4O3/c1-2-37-28(35)13-12-25(31)29-30(36)34(27-9-4-3-8-26(27)32-29)24-17-21-10-11-22(18-24)33(21)23-15-19-6-5-7-20(14-19)16-23/h3-4,8-9,19-24,31H,2,5-7,10-18H2,1H3/t19?,20?,21-,22+,23?,24?. The van der Waals surface area contributed by atoms with Gasteiger partial charge in [-0.15, -0.1) is 0 Å². The molecule has 1 N–H and O–H groups in total. The van der Waals surface area contributed by atoms with Gasteiger partial charge in [0.1, 0.15) is 5.69 Å². The number of nitrogens with one attached hydrogen (secondary N) is 1. The number of rotatable bonds is 7. The molecule has 3 unspecified atom stereocenters. The molecule has 2 aromatic rings. The van der Waals surface area contributed by atoms with Gasteiger partial charge in [-0.25, -0.2) is 4.98 Å². The molecule has 198 valence electrons. The molecule has 4 aliphatic rings. The Bertz CT molecular complexity index is 1210. The summed E-state index contributed by atoms with van der Waals surface area (Å²) in [4.78, 5) is 33.2. The van der Waals surface area contributed by atoms with E-state index in [2.05, 4.69) is 9.88 Å². The van der Waals surface area contributed by atoms with Crippen molar-refractivity contribution >= 4 is 22.7 Å². The van der Waals surface area contributed by atoms with E-state index in [1.807, 2.05) is 28.8 Å². The first-order valence-electron chi connectivity index (χ1n) is 14.5. The normalized spacial score (nSPS) is 31.4. The zero-order valence-corrected chi connectivity index (χ0v) is 22.0. The molecule has 2 aliphatic carbocycles. The monoisotopic (exact) mass is 504 g/mol. The van der Waals surface area contributed by atoms with Crippen LogP contribution in [0.3, 0.4) is 0 Å². The Balaban J connectivity index is 1.27. The Morgan fingerprint density at radius 3 is 2.35 bits per heavy atom. The van der Waals surface area contributed by atoms with E-state index in [4.69, 9.17) is 10.1 Å². The van der Waals surface area contributed by atoms with Crippen molar-refractivity contribution in [2.75, 3.05) is 6.61 Å². The van der Waals surface area contributed by atoms with Crippen LogP contribution in [0.4, 0.5) is 0 Å². The molecule has 3 heterocycles. The SMILES string of the molecule is CCOC(=O)CCC(=N)c1nc2ccccc2n(C2C[C@H]3CC[C@@H](C2)N3C2CC3CCCC(C3)C2)c1=O. The van der Waals surface area contributed by atoms with Crippen LogP contribution in [-0.2, 0) is 9.53 Å². The van der Waals surface area contributed by atoms with Gasteiger partial charge in [0.05, 0.1) is 29.8 Å². The molecule has 2 aliphatic heterocycles. The molecule has 2 saturated carbocycles. The average molecular weight is 505 g/mol. The van der Waals surface area contributed by atoms with Crippen LogP contribution in [0.25, 0.3) is 11.0 Å². The largest absolute Gasteiger partial charge is 0.466 e. The number of carbonyl (C=O) groups excluding carboxylic acids is 1. The van der Waals surface area contributed by atoms with Crippen LogP contribution in [0.15, 0.2) is 29.1 Å². The van der Waals surface area contributed by atoms with Gasteiger partial charge in [0.2, 0.25) is 0 Å². The summed E-state index contributed by atoms with van der Waals surface area (Å²) in [6.45, 7) is 2.08. The number of para-hydroxylation sites is 2. The van der Waals surface area contributed by atoms with Crippen molar-refractivity contribution in [3.8, 4) is 0 Å². The molecule has 6 rings (SSSR count). The molecular weight excluding hydrogens is 464 g/mol. The van der Waals surface area contributed by atoms with Gasteiger partial charge in [0, 0.05) is 30.6 Å². The first-order chi connectivity index (χ1) is 18.0. The van der Waals surface area contributed by atoms with Gasteiger partial charge in [0.25, 0.3) is 5.56 Å². The summed E-state index contributed by atoms with van der Waals surface area (Å²) in [6.07, 6.45) is 13.1. The molecule has 4 bridgehead atoms. The Morgan fingerprint density at radius 1 is 0.946 bits per heavy atom. The van der Waals surface area contributed by atoms with Gasteiger partial charge in [-0.2, -0.15) is 0 Å². The third-order valence-corrected chi connectivity index (χ3v) is 9.62. The first-order valence-corrected chi connectivity index (χ1v) is 14.5. The second-order valence-corrected chi connectivity index (χ2v) is 11.9. The van der Waals surface area contributed by atoms with Crippen LogP contribution in [-0.4, -0.2) is 50.9 Å². The van der Waals surface area contributed by atoms with E-state index in [-0.39, 0.29) is 41.8 Å². The minimum atomic E-state index is -0.343. The van der Waals surface area contributed by atoms with E-state index in [0.717, 1.165) is 41.8 Å². The van der Waals surface area contributed by atoms with Gasteiger partial charge < -0.3 is 14.7 Å². The van der Waals surface area contributed by atoms with Gasteiger partial charge in [-0.05, 0) is 75.8 Å². The summed E-state index contributed by atoms with van der Waals surface area (Å²) in [7, 11) is 0. The van der Waals surface area contributed by atoms with Crippen molar-refractivity contribution in [2.24, 2.45) is 11.8 Å². The fraction of sp³-hybridized carbons (Fsp3) is 0.667. The number of hydrogen-bond donors (Lipinski definition) is 1. The molecule has 1 aromatic carbocycles. The predicted molar refractivity (Wildman–Crippen MR) is 144 cm³/mol. The molecule has 4 fully saturated rings. The maximum absolute atomic E-state index is 13.9. The fourth-order valence-electron chi connectivity index (χ4n) is 8.22. The lowest BCUT2D eigenvalue weighted by Crippen LogP contribution is -2.52. The summed E-state index contributed by atoms with van der Waals surface area (Å²) in [6, 6.07) is 9.74. The Morgan fingerprint density at radius 2 is 1.65 bits per heavy atom. The Labute approximate surface area is 219 Å². The molecule has 2 saturated heterocycles. The number of piperidine rings is 1. The van der Waals surface area contributed by atoms with E-state index in [0.29, 0.717) is 18.7 Å². The molecule has 5 atom stereocenters. The number of ether oxygens (including phenoxy) is 1. The van der Waals surface area contributed by atoms with E-state index >= 15 is 0 Å². The van der Waals surface area contributed by atoms with Crippen molar-refractivity contribution in [3.63, 3.8) is 0 Å². The van der Waals surface area contributed by atoms with Crippen LogP contribution in [0.1, 0.15) is 95.7 Å². The van der Waals surface area contributed by atoms with Crippen molar-refractivity contribution in [1.29, 1.82) is 5.41 Å². The van der Waals surface area contributed by atoms with Crippen LogP contribution in [0.2, 0.25) is 0 Å². The van der Waals surface area contributed by atoms with Gasteiger partial charge in [-0.1, -0.05) is 31.4 Å². The van der Waals surface area contributed by atoms with Crippen LogP contribution >= 0.6 is 0 Å². The number of nitrogens with zero attached hydrogens (tertiary/aromatic N) is 3. The van der Waals surface area contributed by atoms with Crippen molar-refractivity contribution < 1.29 is 9.53 Å². The molecule has 37 heavy (non-hydrogen) atoms. The number of esters is 1. The van der Waals surface area contributed by atoms with Crippen LogP contribution in [0, 0.1) is 17.2 Å². The summed E-state index contributed by atoms with van der Waals surface area (Å²) in [5.41, 5.74) is 1.72. The van der Waals surface area contributed by atoms with Crippen molar-refractivity contribution in [2.45, 2.75) is 108 Å². The summed E-state index contributed by atoms with van der Waals surface area (Å²) in [5.74, 6) is 1.50. The molecule has 1 aromatic heterocycles. The van der Waals surface area contributed by atoms with Gasteiger partial charge in [-0.3, -0.25) is 14.5 Å². The highest BCUT2D eigenvalue weighted by Crippen LogP contribution is 2.48. The second-order valence-electron chi connectivity index (χ2n) is 11.9. The lowest BCUT2D eigenvalue weighted by Gasteiger charge is -2.49. The van der Waals surface area contributed by atoms with E-state index in [1.165, 1.54) is 51.4 Å². The minimum absolute atomic E-state index is 0.0898. The smallest absolute Gasteiger partial charge is 0.306 e. The summed E-state index contributed by atoms with van der Waals surface area (Å²) in [5, 5.41) is 8.61. The van der Waals surface area contributed by atoms with Crippen LogP contribution in [0.5, 0.6) is 0 Å². The van der Waals surface area contributed by atoms with E-state index in [1.54, 1.807) is 6.92 Å². The van der Waals surface area contributed by atoms with Gasteiger partial charge in [0.15, 0.2) is 0 Å². The number of benzene rings is 1. The quantitative estimate of drug-likeness (QED) is 0.411. The van der Waals surface area contributed by atoms with Crippen molar-refractivity contribution in [3.05, 3.63) is 40.3 Å². The molecule has 7 heteroatoms. The Kier molecular flexibility index (Phi) is 6.91. The molecule has 0 spiro atoms. The topological polar surface area (TPSA) is 88.3 Å². The third kappa shape index (κ3) is 4.75. The lowest BCUT2D eigenvalue weighted by atomic mass is 9.69. The average Bonchev–Trinajstić information content (AvgIpc) is 3.16. The summed E-state index contributed by atoms with van der Waals surface area (Å²) < 4.78 is 6.97. The molecule has 7 nitrogen and oxygen atoms in total. The van der Waals surface area contributed by atoms with Crippen LogP contribution < -0.4 is 5.56 Å². The predicted octanol–water partition coefficient (Wildman–Crippen LogP) is 5.24. The number of hydrogen-bond acceptors (Lipinski definition) is 6. The van der Waals surface area contributed by atoms with E-state index < -0.39 is 0 Å². The fourth-order valence-corrected chi connectivity index (χ4v) is 8.22. The summed E-state index contributed by atoms with van der Waals surface area (Å²) >= 11 is 0. The third-order valence-electron chi connectivity index (χ3n) is 9.62. The highest BCUT2D eigenvalue weighted by Gasteiger charge is 2.47. The Hall–Kier alpha value is -2.54. The molecule has 0 radical (unpaired) electrons. The first kappa shape index (κ1) is 24.8. The number of fused-ring (bicyclic) bond motifs is 5. The number of aromatic nitrogens is 2. The molecular formula is C30H40N4O3.